The van der Waals surface area contributed by atoms with E-state index < -0.39 is 0 Å². The van der Waals surface area contributed by atoms with Gasteiger partial charge in [0.15, 0.2) is 0 Å². The summed E-state index contributed by atoms with van der Waals surface area (Å²) >= 11 is 0. The predicted molar refractivity (Wildman–Crippen MR) is 52.8 cm³/mol. The van der Waals surface area contributed by atoms with Crippen molar-refractivity contribution >= 4 is 11.7 Å². The lowest BCUT2D eigenvalue weighted by atomic mass is 10.1. The second-order valence-corrected chi connectivity index (χ2v) is 4.51. The van der Waals surface area contributed by atoms with Crippen molar-refractivity contribution in [1.29, 1.82) is 0 Å². The standard InChI is InChI=1S/C11H17NO2/c1-8(13)7-10-3-2-6-12(10)11(14)9-4-5-9/h9-10H,2-7H2,1H3. The molecule has 1 saturated carbocycles. The van der Waals surface area contributed by atoms with E-state index in [2.05, 4.69) is 0 Å². The SMILES string of the molecule is CC(=O)CC1CCCN1C(=O)C1CC1. The Morgan fingerprint density at radius 2 is 2.00 bits per heavy atom. The highest BCUT2D eigenvalue weighted by Gasteiger charge is 2.38. The number of rotatable bonds is 3. The summed E-state index contributed by atoms with van der Waals surface area (Å²) in [5.74, 6) is 0.793. The minimum Gasteiger partial charge on any atom is -0.339 e. The Morgan fingerprint density at radius 3 is 2.57 bits per heavy atom. The van der Waals surface area contributed by atoms with Gasteiger partial charge >= 0.3 is 0 Å². The molecule has 3 nitrogen and oxygen atoms in total. The minimum atomic E-state index is 0.200. The van der Waals surface area contributed by atoms with Gasteiger partial charge < -0.3 is 4.90 Å². The molecule has 1 aliphatic heterocycles. The van der Waals surface area contributed by atoms with Gasteiger partial charge in [-0.25, -0.2) is 0 Å². The third kappa shape index (κ3) is 1.97. The number of hydrogen-bond acceptors (Lipinski definition) is 2. The zero-order valence-corrected chi connectivity index (χ0v) is 8.66. The van der Waals surface area contributed by atoms with E-state index in [9.17, 15) is 9.59 Å². The maximum absolute atomic E-state index is 11.8. The summed E-state index contributed by atoms with van der Waals surface area (Å²) in [4.78, 5) is 24.8. The Kier molecular flexibility index (Phi) is 2.57. The van der Waals surface area contributed by atoms with Crippen molar-refractivity contribution in [3.63, 3.8) is 0 Å². The van der Waals surface area contributed by atoms with E-state index in [0.717, 1.165) is 32.2 Å². The summed E-state index contributed by atoms with van der Waals surface area (Å²) in [6, 6.07) is 0.209. The van der Waals surface area contributed by atoms with Crippen LogP contribution in [0.2, 0.25) is 0 Å². The molecule has 14 heavy (non-hydrogen) atoms. The quantitative estimate of drug-likeness (QED) is 0.682. The third-order valence-corrected chi connectivity index (χ3v) is 3.11. The normalized spacial score (nSPS) is 26.6. The van der Waals surface area contributed by atoms with Crippen molar-refractivity contribution in [2.24, 2.45) is 5.92 Å². The van der Waals surface area contributed by atoms with Crippen LogP contribution >= 0.6 is 0 Å². The van der Waals surface area contributed by atoms with Gasteiger partial charge in [-0.05, 0) is 32.6 Å². The van der Waals surface area contributed by atoms with Crippen molar-refractivity contribution in [2.75, 3.05) is 6.54 Å². The summed E-state index contributed by atoms with van der Waals surface area (Å²) in [5.41, 5.74) is 0. The van der Waals surface area contributed by atoms with Crippen LogP contribution in [0.1, 0.15) is 39.0 Å². The zero-order valence-electron chi connectivity index (χ0n) is 8.66. The van der Waals surface area contributed by atoms with Gasteiger partial charge in [0.2, 0.25) is 5.91 Å². The molecule has 2 rings (SSSR count). The van der Waals surface area contributed by atoms with Gasteiger partial charge in [-0.1, -0.05) is 0 Å². The monoisotopic (exact) mass is 195 g/mol. The summed E-state index contributed by atoms with van der Waals surface area (Å²) < 4.78 is 0. The maximum atomic E-state index is 11.8. The molecule has 1 heterocycles. The lowest BCUT2D eigenvalue weighted by molar-refractivity contribution is -0.134. The van der Waals surface area contributed by atoms with E-state index in [0.29, 0.717) is 18.2 Å². The van der Waals surface area contributed by atoms with Crippen LogP contribution in [0.5, 0.6) is 0 Å². The summed E-state index contributed by atoms with van der Waals surface area (Å²) in [5, 5.41) is 0. The van der Waals surface area contributed by atoms with E-state index in [1.165, 1.54) is 0 Å². The fraction of sp³-hybridized carbons (Fsp3) is 0.818. The number of ketones is 1. The van der Waals surface area contributed by atoms with E-state index in [1.54, 1.807) is 6.92 Å². The molecule has 1 atom stereocenters. The number of carbonyl (C=O) groups is 2. The molecular weight excluding hydrogens is 178 g/mol. The molecule has 1 unspecified atom stereocenters. The minimum absolute atomic E-state index is 0.200. The molecule has 0 aromatic heterocycles. The van der Waals surface area contributed by atoms with Crippen LogP contribution in [-0.4, -0.2) is 29.2 Å². The smallest absolute Gasteiger partial charge is 0.225 e. The molecule has 1 aliphatic carbocycles. The highest BCUT2D eigenvalue weighted by atomic mass is 16.2. The zero-order chi connectivity index (χ0) is 10.1. The summed E-state index contributed by atoms with van der Waals surface area (Å²) in [6.07, 6.45) is 4.75. The number of nitrogens with zero attached hydrogens (tertiary/aromatic N) is 1. The first-order valence-electron chi connectivity index (χ1n) is 5.48. The molecule has 0 radical (unpaired) electrons. The van der Waals surface area contributed by atoms with Crippen LogP contribution < -0.4 is 0 Å². The lowest BCUT2D eigenvalue weighted by Crippen LogP contribution is -2.37. The fourth-order valence-corrected chi connectivity index (χ4v) is 2.23. The first kappa shape index (κ1) is 9.69. The van der Waals surface area contributed by atoms with Crippen LogP contribution in [0, 0.1) is 5.92 Å². The molecule has 0 spiro atoms. The van der Waals surface area contributed by atoms with Crippen LogP contribution in [0.4, 0.5) is 0 Å². The van der Waals surface area contributed by atoms with Gasteiger partial charge in [0.1, 0.15) is 5.78 Å². The second-order valence-electron chi connectivity index (χ2n) is 4.51. The fourth-order valence-electron chi connectivity index (χ4n) is 2.23. The lowest BCUT2D eigenvalue weighted by Gasteiger charge is -2.23. The number of carbonyl (C=O) groups excluding carboxylic acids is 2. The van der Waals surface area contributed by atoms with Crippen molar-refractivity contribution < 1.29 is 9.59 Å². The topological polar surface area (TPSA) is 37.4 Å². The Bertz CT molecular complexity index is 258. The van der Waals surface area contributed by atoms with Gasteiger partial charge in [-0.2, -0.15) is 0 Å². The van der Waals surface area contributed by atoms with Gasteiger partial charge in [-0.3, -0.25) is 9.59 Å². The third-order valence-electron chi connectivity index (χ3n) is 3.11. The van der Waals surface area contributed by atoms with Crippen molar-refractivity contribution in [2.45, 2.75) is 45.1 Å². The van der Waals surface area contributed by atoms with E-state index >= 15 is 0 Å². The molecule has 2 aliphatic rings. The van der Waals surface area contributed by atoms with Crippen LogP contribution in [0.25, 0.3) is 0 Å². The number of Topliss-reactive ketones (excluding diaryl/α,β-unsaturated/α-hetero) is 1. The Balaban J connectivity index is 1.95. The Labute approximate surface area is 84.5 Å². The molecule has 1 saturated heterocycles. The van der Waals surface area contributed by atoms with Gasteiger partial charge in [0.05, 0.1) is 0 Å². The van der Waals surface area contributed by atoms with E-state index in [4.69, 9.17) is 0 Å². The molecule has 0 bridgehead atoms. The number of likely N-dealkylation sites (tertiary alicyclic amines) is 1. The van der Waals surface area contributed by atoms with Gasteiger partial charge in [0.25, 0.3) is 0 Å². The van der Waals surface area contributed by atoms with Crippen molar-refractivity contribution in [3.05, 3.63) is 0 Å². The number of amides is 1. The molecule has 0 N–H and O–H groups in total. The average molecular weight is 195 g/mol. The average Bonchev–Trinajstić information content (AvgIpc) is 2.86. The van der Waals surface area contributed by atoms with Crippen molar-refractivity contribution in [1.82, 2.24) is 4.90 Å². The van der Waals surface area contributed by atoms with Crippen LogP contribution in [0.3, 0.4) is 0 Å². The highest BCUT2D eigenvalue weighted by Crippen LogP contribution is 2.34. The van der Waals surface area contributed by atoms with Crippen LogP contribution in [-0.2, 0) is 9.59 Å². The second kappa shape index (κ2) is 3.71. The molecule has 1 amide bonds. The van der Waals surface area contributed by atoms with E-state index in [-0.39, 0.29) is 11.8 Å². The Hall–Kier alpha value is -0.860. The molecule has 78 valence electrons. The molecular formula is C11H17NO2. The van der Waals surface area contributed by atoms with E-state index in [1.807, 2.05) is 4.90 Å². The highest BCUT2D eigenvalue weighted by molar-refractivity contribution is 5.83. The summed E-state index contributed by atoms with van der Waals surface area (Å²) in [6.45, 7) is 2.48. The molecule has 3 heteroatoms. The largest absolute Gasteiger partial charge is 0.339 e. The Morgan fingerprint density at radius 1 is 1.29 bits per heavy atom. The summed E-state index contributed by atoms with van der Waals surface area (Å²) in [7, 11) is 0. The van der Waals surface area contributed by atoms with Gasteiger partial charge in [0, 0.05) is 24.9 Å². The first-order chi connectivity index (χ1) is 6.68. The molecule has 2 fully saturated rings. The van der Waals surface area contributed by atoms with Crippen LogP contribution in [0.15, 0.2) is 0 Å². The molecule has 0 aromatic carbocycles. The number of hydrogen-bond donors (Lipinski definition) is 0. The molecule has 0 aromatic rings. The first-order valence-corrected chi connectivity index (χ1v) is 5.48. The van der Waals surface area contributed by atoms with Crippen molar-refractivity contribution in [3.8, 4) is 0 Å². The van der Waals surface area contributed by atoms with Gasteiger partial charge in [-0.15, -0.1) is 0 Å². The maximum Gasteiger partial charge on any atom is 0.225 e. The predicted octanol–water partition coefficient (Wildman–Crippen LogP) is 1.37.